The van der Waals surface area contributed by atoms with E-state index in [0.29, 0.717) is 0 Å². The SMILES string of the molecule is OC(C#Cc1ccccc1)(c1ccccc1)c1cccc2ccccc12. The number of benzene rings is 4. The molecular formula is C25H18O. The van der Waals surface area contributed by atoms with Gasteiger partial charge in [-0.15, -0.1) is 0 Å². The predicted octanol–water partition coefficient (Wildman–Crippen LogP) is 5.13. The molecule has 0 aliphatic heterocycles. The Morgan fingerprint density at radius 3 is 2.00 bits per heavy atom. The van der Waals surface area contributed by atoms with Crippen molar-refractivity contribution in [3.8, 4) is 11.8 Å². The summed E-state index contributed by atoms with van der Waals surface area (Å²) in [7, 11) is 0. The topological polar surface area (TPSA) is 20.2 Å². The van der Waals surface area contributed by atoms with Crippen LogP contribution < -0.4 is 0 Å². The molecule has 0 saturated carbocycles. The van der Waals surface area contributed by atoms with E-state index >= 15 is 0 Å². The third kappa shape index (κ3) is 2.99. The average Bonchev–Trinajstić information content (AvgIpc) is 2.73. The first kappa shape index (κ1) is 16.1. The minimum Gasteiger partial charge on any atom is -0.369 e. The van der Waals surface area contributed by atoms with Crippen LogP contribution in [0.15, 0.2) is 103 Å². The molecule has 0 aliphatic rings. The average molecular weight is 334 g/mol. The van der Waals surface area contributed by atoms with E-state index in [1.54, 1.807) is 0 Å². The minimum atomic E-state index is -1.39. The molecule has 4 rings (SSSR count). The highest BCUT2D eigenvalue weighted by Crippen LogP contribution is 2.34. The van der Waals surface area contributed by atoms with Crippen molar-refractivity contribution < 1.29 is 5.11 Å². The van der Waals surface area contributed by atoms with Gasteiger partial charge < -0.3 is 5.11 Å². The molecule has 4 aromatic carbocycles. The Labute approximate surface area is 153 Å². The lowest BCUT2D eigenvalue weighted by Gasteiger charge is -2.25. The van der Waals surface area contributed by atoms with Crippen LogP contribution in [0.5, 0.6) is 0 Å². The van der Waals surface area contributed by atoms with Crippen molar-refractivity contribution in [1.82, 2.24) is 0 Å². The highest BCUT2D eigenvalue weighted by molar-refractivity contribution is 5.87. The molecule has 0 spiro atoms. The first-order chi connectivity index (χ1) is 12.8. The maximum absolute atomic E-state index is 11.7. The molecule has 0 saturated heterocycles. The van der Waals surface area contributed by atoms with Crippen LogP contribution >= 0.6 is 0 Å². The van der Waals surface area contributed by atoms with E-state index < -0.39 is 5.60 Å². The summed E-state index contributed by atoms with van der Waals surface area (Å²) in [5, 5.41) is 13.8. The number of aliphatic hydroxyl groups is 1. The summed E-state index contributed by atoms with van der Waals surface area (Å²) in [6, 6.07) is 33.4. The predicted molar refractivity (Wildman–Crippen MR) is 107 cm³/mol. The van der Waals surface area contributed by atoms with Crippen molar-refractivity contribution in [2.75, 3.05) is 0 Å². The molecule has 26 heavy (non-hydrogen) atoms. The Kier molecular flexibility index (Phi) is 4.27. The summed E-state index contributed by atoms with van der Waals surface area (Å²) < 4.78 is 0. The fourth-order valence-electron chi connectivity index (χ4n) is 3.20. The van der Waals surface area contributed by atoms with E-state index in [2.05, 4.69) is 24.0 Å². The third-order valence-corrected chi connectivity index (χ3v) is 4.53. The number of hydrogen-bond acceptors (Lipinski definition) is 1. The highest BCUT2D eigenvalue weighted by atomic mass is 16.3. The molecule has 0 aromatic heterocycles. The van der Waals surface area contributed by atoms with Crippen LogP contribution in [-0.4, -0.2) is 5.11 Å². The maximum Gasteiger partial charge on any atom is 0.177 e. The number of fused-ring (bicyclic) bond motifs is 1. The van der Waals surface area contributed by atoms with E-state index in [1.165, 1.54) is 0 Å². The van der Waals surface area contributed by atoms with E-state index in [9.17, 15) is 5.11 Å². The van der Waals surface area contributed by atoms with Crippen LogP contribution in [0.2, 0.25) is 0 Å². The van der Waals surface area contributed by atoms with E-state index in [4.69, 9.17) is 0 Å². The molecule has 124 valence electrons. The van der Waals surface area contributed by atoms with Gasteiger partial charge in [0.1, 0.15) is 0 Å². The van der Waals surface area contributed by atoms with Crippen LogP contribution in [0.3, 0.4) is 0 Å². The first-order valence-electron chi connectivity index (χ1n) is 8.62. The van der Waals surface area contributed by atoms with Crippen molar-refractivity contribution >= 4 is 10.8 Å². The van der Waals surface area contributed by atoms with Gasteiger partial charge in [0.25, 0.3) is 0 Å². The Hall–Kier alpha value is -3.34. The van der Waals surface area contributed by atoms with Crippen molar-refractivity contribution in [3.63, 3.8) is 0 Å². The van der Waals surface area contributed by atoms with E-state index in [0.717, 1.165) is 27.5 Å². The van der Waals surface area contributed by atoms with E-state index in [1.807, 2.05) is 91.0 Å². The van der Waals surface area contributed by atoms with Gasteiger partial charge in [-0.05, 0) is 22.9 Å². The van der Waals surface area contributed by atoms with Crippen LogP contribution in [0.1, 0.15) is 16.7 Å². The fraction of sp³-hybridized carbons (Fsp3) is 0.0400. The largest absolute Gasteiger partial charge is 0.369 e. The Balaban J connectivity index is 1.96. The van der Waals surface area contributed by atoms with Crippen molar-refractivity contribution in [2.24, 2.45) is 0 Å². The van der Waals surface area contributed by atoms with Gasteiger partial charge in [-0.1, -0.05) is 103 Å². The molecule has 1 heteroatoms. The third-order valence-electron chi connectivity index (χ3n) is 4.53. The lowest BCUT2D eigenvalue weighted by molar-refractivity contribution is 0.147. The summed E-state index contributed by atoms with van der Waals surface area (Å²) in [5.41, 5.74) is 1.05. The highest BCUT2D eigenvalue weighted by Gasteiger charge is 2.31. The summed E-state index contributed by atoms with van der Waals surface area (Å²) in [4.78, 5) is 0. The van der Waals surface area contributed by atoms with Crippen LogP contribution in [0.25, 0.3) is 10.8 Å². The van der Waals surface area contributed by atoms with Crippen molar-refractivity contribution in [3.05, 3.63) is 120 Å². The second-order valence-electron chi connectivity index (χ2n) is 6.22. The molecule has 4 aromatic rings. The minimum absolute atomic E-state index is 0.764. The lowest BCUT2D eigenvalue weighted by atomic mass is 9.84. The Bertz CT molecular complexity index is 1080. The normalized spacial score (nSPS) is 12.8. The molecule has 0 bridgehead atoms. The standard InChI is InChI=1S/C25H18O/c26-25(22-14-5-2-6-15-22,19-18-20-10-3-1-4-11-20)24-17-9-13-21-12-7-8-16-23(21)24/h1-17,26H. The van der Waals surface area contributed by atoms with Gasteiger partial charge in [0, 0.05) is 16.7 Å². The molecule has 0 aliphatic carbocycles. The van der Waals surface area contributed by atoms with Gasteiger partial charge in [-0.2, -0.15) is 0 Å². The monoisotopic (exact) mass is 334 g/mol. The van der Waals surface area contributed by atoms with Crippen molar-refractivity contribution in [2.45, 2.75) is 5.60 Å². The number of hydrogen-bond donors (Lipinski definition) is 1. The molecule has 1 nitrogen and oxygen atoms in total. The van der Waals surface area contributed by atoms with E-state index in [-0.39, 0.29) is 0 Å². The van der Waals surface area contributed by atoms with Crippen LogP contribution in [-0.2, 0) is 5.60 Å². The lowest BCUT2D eigenvalue weighted by Crippen LogP contribution is -2.25. The molecular weight excluding hydrogens is 316 g/mol. The molecule has 0 radical (unpaired) electrons. The van der Waals surface area contributed by atoms with Crippen molar-refractivity contribution in [1.29, 1.82) is 0 Å². The van der Waals surface area contributed by atoms with Gasteiger partial charge in [0.2, 0.25) is 0 Å². The van der Waals surface area contributed by atoms with Gasteiger partial charge in [0.05, 0.1) is 0 Å². The van der Waals surface area contributed by atoms with Gasteiger partial charge in [0.15, 0.2) is 5.60 Å². The second kappa shape index (κ2) is 6.88. The quantitative estimate of drug-likeness (QED) is 0.504. The van der Waals surface area contributed by atoms with Gasteiger partial charge in [-0.25, -0.2) is 0 Å². The first-order valence-corrected chi connectivity index (χ1v) is 8.62. The molecule has 1 atom stereocenters. The Morgan fingerprint density at radius 2 is 1.23 bits per heavy atom. The maximum atomic E-state index is 11.7. The summed E-state index contributed by atoms with van der Waals surface area (Å²) in [5.74, 6) is 6.29. The molecule has 0 amide bonds. The second-order valence-corrected chi connectivity index (χ2v) is 6.22. The number of rotatable bonds is 2. The molecule has 0 heterocycles. The molecule has 0 fully saturated rings. The zero-order chi connectivity index (χ0) is 17.8. The summed E-state index contributed by atoms with van der Waals surface area (Å²) in [6.07, 6.45) is 0. The van der Waals surface area contributed by atoms with Gasteiger partial charge >= 0.3 is 0 Å². The zero-order valence-corrected chi connectivity index (χ0v) is 14.3. The molecule has 1 unspecified atom stereocenters. The Morgan fingerprint density at radius 1 is 0.615 bits per heavy atom. The van der Waals surface area contributed by atoms with Gasteiger partial charge in [-0.3, -0.25) is 0 Å². The van der Waals surface area contributed by atoms with Crippen LogP contribution in [0.4, 0.5) is 0 Å². The summed E-state index contributed by atoms with van der Waals surface area (Å²) in [6.45, 7) is 0. The fourth-order valence-corrected chi connectivity index (χ4v) is 3.20. The summed E-state index contributed by atoms with van der Waals surface area (Å²) >= 11 is 0. The smallest absolute Gasteiger partial charge is 0.177 e. The molecule has 1 N–H and O–H groups in total. The zero-order valence-electron chi connectivity index (χ0n) is 14.3. The van der Waals surface area contributed by atoms with Crippen LogP contribution in [0, 0.1) is 11.8 Å².